The van der Waals surface area contributed by atoms with Gasteiger partial charge in [0.2, 0.25) is 0 Å². The van der Waals surface area contributed by atoms with Crippen molar-refractivity contribution >= 4 is 63.5 Å². The highest BCUT2D eigenvalue weighted by molar-refractivity contribution is 8.26. The lowest BCUT2D eigenvalue weighted by Crippen LogP contribution is -2.35. The van der Waals surface area contributed by atoms with Crippen LogP contribution in [0.4, 0.5) is 0 Å². The van der Waals surface area contributed by atoms with Crippen LogP contribution < -0.4 is 0 Å². The third kappa shape index (κ3) is 4.10. The third-order valence-corrected chi connectivity index (χ3v) is 6.31. The fraction of sp³-hybridized carbons (Fsp3) is 0.263. The van der Waals surface area contributed by atoms with Crippen LogP contribution in [0.15, 0.2) is 39.7 Å². The number of carbonyl (C=O) groups is 1. The number of thiocarbonyl (C=S) groups is 1. The molecule has 1 amide bonds. The van der Waals surface area contributed by atoms with Gasteiger partial charge in [0.25, 0.3) is 5.91 Å². The fourth-order valence-electron chi connectivity index (χ4n) is 3.04. The molecule has 2 aliphatic heterocycles. The molecule has 0 radical (unpaired) electrons. The van der Waals surface area contributed by atoms with E-state index in [9.17, 15) is 4.79 Å². The second-order valence-electron chi connectivity index (χ2n) is 6.25. The van der Waals surface area contributed by atoms with Gasteiger partial charge in [0.05, 0.1) is 22.6 Å². The average Bonchev–Trinajstić information content (AvgIpc) is 3.34. The lowest BCUT2D eigenvalue weighted by molar-refractivity contribution is -0.123. The predicted octanol–water partition coefficient (Wildman–Crippen LogP) is 5.63. The summed E-state index contributed by atoms with van der Waals surface area (Å²) in [4.78, 5) is 14.8. The van der Waals surface area contributed by atoms with Gasteiger partial charge in [-0.2, -0.15) is 0 Å². The van der Waals surface area contributed by atoms with E-state index >= 15 is 0 Å². The van der Waals surface area contributed by atoms with Gasteiger partial charge < -0.3 is 9.15 Å². The summed E-state index contributed by atoms with van der Waals surface area (Å²) >= 11 is 18.8. The number of amides is 1. The molecular weight excluding hydrogens is 425 g/mol. The molecule has 0 aliphatic carbocycles. The number of hydrogen-bond acceptors (Lipinski definition) is 5. The van der Waals surface area contributed by atoms with Crippen molar-refractivity contribution in [3.8, 4) is 11.3 Å². The number of carbonyl (C=O) groups excluding carboxylic acids is 1. The van der Waals surface area contributed by atoms with Crippen LogP contribution in [0.3, 0.4) is 0 Å². The number of rotatable bonds is 4. The van der Waals surface area contributed by atoms with E-state index in [1.807, 2.05) is 6.07 Å². The monoisotopic (exact) mass is 439 g/mol. The topological polar surface area (TPSA) is 42.7 Å². The predicted molar refractivity (Wildman–Crippen MR) is 113 cm³/mol. The summed E-state index contributed by atoms with van der Waals surface area (Å²) in [6.45, 7) is 1.25. The molecule has 4 rings (SSSR count). The minimum absolute atomic E-state index is 0.0640. The molecule has 2 aliphatic rings. The Labute approximate surface area is 176 Å². The lowest BCUT2D eigenvalue weighted by Gasteiger charge is -2.18. The Balaban J connectivity index is 1.53. The highest BCUT2D eigenvalue weighted by Gasteiger charge is 2.34. The van der Waals surface area contributed by atoms with Gasteiger partial charge in [-0.1, -0.05) is 47.2 Å². The van der Waals surface area contributed by atoms with Gasteiger partial charge in [-0.05, 0) is 43.2 Å². The quantitative estimate of drug-likeness (QED) is 0.455. The standard InChI is InChI=1S/C19H15Cl2NO3S2/c20-11-3-5-14(15(21)8-11)16-6-4-12(25-16)9-17-18(23)22(19(26)27-17)10-13-2-1-7-24-13/h3-6,8-9,13H,1-2,7,10H2. The summed E-state index contributed by atoms with van der Waals surface area (Å²) in [7, 11) is 0. The lowest BCUT2D eigenvalue weighted by atomic mass is 10.2. The van der Waals surface area contributed by atoms with Crippen molar-refractivity contribution in [2.75, 3.05) is 13.2 Å². The van der Waals surface area contributed by atoms with E-state index in [1.54, 1.807) is 35.2 Å². The molecular formula is C19H15Cl2NO3S2. The van der Waals surface area contributed by atoms with E-state index in [0.29, 0.717) is 37.3 Å². The minimum Gasteiger partial charge on any atom is -0.457 e. The zero-order chi connectivity index (χ0) is 19.0. The molecule has 0 bridgehead atoms. The molecule has 4 nitrogen and oxygen atoms in total. The number of thioether (sulfide) groups is 1. The molecule has 27 heavy (non-hydrogen) atoms. The van der Waals surface area contributed by atoms with Crippen molar-refractivity contribution in [1.29, 1.82) is 0 Å². The fourth-order valence-corrected chi connectivity index (χ4v) is 4.80. The van der Waals surface area contributed by atoms with Crippen molar-refractivity contribution in [1.82, 2.24) is 4.90 Å². The van der Waals surface area contributed by atoms with Crippen LogP contribution in [0, 0.1) is 0 Å². The summed E-state index contributed by atoms with van der Waals surface area (Å²) < 4.78 is 12.0. The van der Waals surface area contributed by atoms with Gasteiger partial charge in [-0.3, -0.25) is 9.69 Å². The molecule has 0 N–H and O–H groups in total. The van der Waals surface area contributed by atoms with E-state index in [-0.39, 0.29) is 12.0 Å². The molecule has 1 unspecified atom stereocenters. The Kier molecular flexibility index (Phi) is 5.62. The SMILES string of the molecule is O=C1C(=Cc2ccc(-c3ccc(Cl)cc3Cl)o2)SC(=S)N1CC1CCCO1. The molecule has 2 aromatic rings. The maximum absolute atomic E-state index is 12.7. The van der Waals surface area contributed by atoms with E-state index in [1.165, 1.54) is 11.8 Å². The molecule has 1 aromatic heterocycles. The molecule has 2 saturated heterocycles. The first-order chi connectivity index (χ1) is 13.0. The number of halogens is 2. The zero-order valence-electron chi connectivity index (χ0n) is 14.1. The molecule has 0 spiro atoms. The summed E-state index contributed by atoms with van der Waals surface area (Å²) in [5.74, 6) is 1.06. The summed E-state index contributed by atoms with van der Waals surface area (Å²) in [5, 5.41) is 1.07. The van der Waals surface area contributed by atoms with Crippen LogP contribution in [0.5, 0.6) is 0 Å². The zero-order valence-corrected chi connectivity index (χ0v) is 17.3. The highest BCUT2D eigenvalue weighted by atomic mass is 35.5. The van der Waals surface area contributed by atoms with Gasteiger partial charge >= 0.3 is 0 Å². The molecule has 140 valence electrons. The van der Waals surface area contributed by atoms with E-state index < -0.39 is 0 Å². The first-order valence-corrected chi connectivity index (χ1v) is 10.4. The summed E-state index contributed by atoms with van der Waals surface area (Å²) in [6, 6.07) is 8.83. The number of nitrogens with zero attached hydrogens (tertiary/aromatic N) is 1. The van der Waals surface area contributed by atoms with Gasteiger partial charge in [0, 0.05) is 23.3 Å². The highest BCUT2D eigenvalue weighted by Crippen LogP contribution is 2.36. The first kappa shape index (κ1) is 19.0. The second kappa shape index (κ2) is 7.97. The Morgan fingerprint density at radius 1 is 1.30 bits per heavy atom. The van der Waals surface area contributed by atoms with Crippen LogP contribution in [-0.2, 0) is 9.53 Å². The van der Waals surface area contributed by atoms with Crippen molar-refractivity contribution in [3.63, 3.8) is 0 Å². The summed E-state index contributed by atoms with van der Waals surface area (Å²) in [6.07, 6.45) is 3.76. The molecule has 3 heterocycles. The first-order valence-electron chi connectivity index (χ1n) is 8.43. The third-order valence-electron chi connectivity index (χ3n) is 4.38. The van der Waals surface area contributed by atoms with Crippen LogP contribution in [0.25, 0.3) is 17.4 Å². The van der Waals surface area contributed by atoms with Gasteiger partial charge in [-0.15, -0.1) is 0 Å². The minimum atomic E-state index is -0.108. The van der Waals surface area contributed by atoms with Crippen LogP contribution >= 0.6 is 47.2 Å². The van der Waals surface area contributed by atoms with Crippen molar-refractivity contribution < 1.29 is 13.9 Å². The normalized spacial score (nSPS) is 21.6. The van der Waals surface area contributed by atoms with E-state index in [0.717, 1.165) is 25.0 Å². The molecule has 2 fully saturated rings. The number of ether oxygens (including phenoxy) is 1. The van der Waals surface area contributed by atoms with Crippen LogP contribution in [0.2, 0.25) is 10.0 Å². The van der Waals surface area contributed by atoms with E-state index in [2.05, 4.69) is 0 Å². The van der Waals surface area contributed by atoms with Crippen LogP contribution in [-0.4, -0.2) is 34.4 Å². The Morgan fingerprint density at radius 3 is 2.89 bits per heavy atom. The molecule has 1 atom stereocenters. The number of hydrogen-bond donors (Lipinski definition) is 0. The van der Waals surface area contributed by atoms with Crippen molar-refractivity contribution in [3.05, 3.63) is 51.0 Å². The Hall–Kier alpha value is -1.31. The Morgan fingerprint density at radius 2 is 2.15 bits per heavy atom. The molecule has 0 saturated carbocycles. The number of benzene rings is 1. The largest absolute Gasteiger partial charge is 0.457 e. The van der Waals surface area contributed by atoms with Crippen molar-refractivity contribution in [2.24, 2.45) is 0 Å². The maximum atomic E-state index is 12.7. The van der Waals surface area contributed by atoms with Gasteiger partial charge in [0.1, 0.15) is 15.8 Å². The number of furan rings is 1. The second-order valence-corrected chi connectivity index (χ2v) is 8.77. The van der Waals surface area contributed by atoms with Crippen molar-refractivity contribution in [2.45, 2.75) is 18.9 Å². The molecule has 8 heteroatoms. The van der Waals surface area contributed by atoms with Gasteiger partial charge in [-0.25, -0.2) is 0 Å². The maximum Gasteiger partial charge on any atom is 0.266 e. The average molecular weight is 440 g/mol. The summed E-state index contributed by atoms with van der Waals surface area (Å²) in [5.41, 5.74) is 0.742. The van der Waals surface area contributed by atoms with Gasteiger partial charge in [0.15, 0.2) is 0 Å². The smallest absolute Gasteiger partial charge is 0.266 e. The Bertz CT molecular complexity index is 935. The van der Waals surface area contributed by atoms with E-state index in [4.69, 9.17) is 44.6 Å². The molecule has 1 aromatic carbocycles. The van der Waals surface area contributed by atoms with Crippen LogP contribution in [0.1, 0.15) is 18.6 Å².